The van der Waals surface area contributed by atoms with Crippen LogP contribution in [-0.4, -0.2) is 134 Å². The fraction of sp³-hybridized carbons (Fsp3) is 0.517. The highest BCUT2D eigenvalue weighted by molar-refractivity contribution is 6.29. The van der Waals surface area contributed by atoms with E-state index in [0.29, 0.717) is 88.7 Å². The highest BCUT2D eigenvalue weighted by atomic mass is 35.5. The average molecular weight is 1050 g/mol. The minimum Gasteiger partial charge on any atom is -0.376 e. The molecule has 0 radical (unpaired) electrons. The SMILES string of the molecule is O=C(ON(C(=O)COCC1CCCO1)C1CCN(C(Cl)c2c3c(cc4ccccc24)C=CC2CC32)CC1)C(=O)ON(C(=O)COCC1CCCO1)C1CCN(C(Cl)c2c3c(cc4ccccc24)C=CC2CC32)CC1. The third-order valence-corrected chi connectivity index (χ3v) is 17.7. The number of nitrogens with zero attached hydrogens (tertiary/aromatic N) is 4. The Morgan fingerprint density at radius 2 is 1.01 bits per heavy atom. The first kappa shape index (κ1) is 49.9. The first-order chi connectivity index (χ1) is 36.2. The fourth-order valence-electron chi connectivity index (χ4n) is 12.6. The Balaban J connectivity index is 0.739. The molecule has 14 nitrogen and oxygen atoms in total. The molecule has 16 heteroatoms. The maximum absolute atomic E-state index is 14.1. The van der Waals surface area contributed by atoms with Gasteiger partial charge >= 0.3 is 11.9 Å². The van der Waals surface area contributed by atoms with Crippen molar-refractivity contribution in [3.05, 3.63) is 106 Å². The van der Waals surface area contributed by atoms with Gasteiger partial charge in [0.15, 0.2) is 0 Å². The molecule has 0 spiro atoms. The first-order valence-corrected chi connectivity index (χ1v) is 27.7. The standard InChI is InChI=1S/C58H64Cl2N4O10/c59-55(53-45-11-3-1-7-35(45)27-39-15-13-37-29-47(37)51(39)53)61-21-17-41(18-22-61)63(49(65)33-69-31-43-9-5-25-71-43)73-57(67)58(68)74-64(50(66)34-70-32-44-10-6-26-72-44)42-19-23-62(24-20-42)56(60)54-46-12-4-2-8-36(46)28-40-16-14-38-30-48(38)52(40)54/h1-4,7-8,11-16,27-28,37-38,41-44,47-48,55-56H,5-6,9-10,17-26,29-34H2. The molecule has 4 aromatic carbocycles. The minimum absolute atomic E-state index is 0.134. The fourth-order valence-corrected chi connectivity index (χ4v) is 13.5. The average Bonchev–Trinajstić information content (AvgIpc) is 4.28. The van der Waals surface area contributed by atoms with Gasteiger partial charge in [-0.25, -0.2) is 9.59 Å². The zero-order valence-electron chi connectivity index (χ0n) is 41.6. The van der Waals surface area contributed by atoms with E-state index in [-0.39, 0.29) is 25.4 Å². The van der Waals surface area contributed by atoms with E-state index in [0.717, 1.165) is 81.3 Å². The summed E-state index contributed by atoms with van der Waals surface area (Å²) in [6.45, 7) is 2.81. The monoisotopic (exact) mass is 1050 g/mol. The van der Waals surface area contributed by atoms with E-state index < -0.39 is 60.1 Å². The Kier molecular flexibility index (Phi) is 14.6. The van der Waals surface area contributed by atoms with Gasteiger partial charge in [0.2, 0.25) is 0 Å². The van der Waals surface area contributed by atoms with Gasteiger partial charge in [-0.1, -0.05) is 72.8 Å². The molecule has 74 heavy (non-hydrogen) atoms. The summed E-state index contributed by atoms with van der Waals surface area (Å²) in [5.74, 6) is -2.17. The molecule has 4 saturated heterocycles. The lowest BCUT2D eigenvalue weighted by molar-refractivity contribution is -0.233. The Morgan fingerprint density at radius 1 is 0.595 bits per heavy atom. The Bertz CT molecular complexity index is 2660. The quantitative estimate of drug-likeness (QED) is 0.0515. The van der Waals surface area contributed by atoms with Crippen LogP contribution in [0.5, 0.6) is 0 Å². The van der Waals surface area contributed by atoms with Gasteiger partial charge in [0, 0.05) is 39.4 Å². The van der Waals surface area contributed by atoms with Crippen molar-refractivity contribution in [2.24, 2.45) is 11.8 Å². The van der Waals surface area contributed by atoms with Gasteiger partial charge in [-0.05, 0) is 155 Å². The van der Waals surface area contributed by atoms with Gasteiger partial charge in [-0.3, -0.25) is 19.4 Å². The van der Waals surface area contributed by atoms with E-state index in [2.05, 4.69) is 70.5 Å². The molecule has 0 N–H and O–H groups in total. The van der Waals surface area contributed by atoms with Crippen LogP contribution in [0.1, 0.15) is 120 Å². The second-order valence-corrected chi connectivity index (χ2v) is 22.3. The van der Waals surface area contributed by atoms with E-state index in [9.17, 15) is 19.2 Å². The molecular formula is C58H64Cl2N4O10. The van der Waals surface area contributed by atoms with Crippen molar-refractivity contribution in [2.45, 2.75) is 111 Å². The molecule has 8 unspecified atom stereocenters. The third-order valence-electron chi connectivity index (χ3n) is 16.7. The van der Waals surface area contributed by atoms with Crippen LogP contribution in [0.2, 0.25) is 0 Å². The van der Waals surface area contributed by atoms with Crippen LogP contribution in [0.15, 0.2) is 72.8 Å². The normalized spacial score (nSPS) is 26.2. The zero-order valence-corrected chi connectivity index (χ0v) is 43.1. The van der Waals surface area contributed by atoms with E-state index >= 15 is 0 Å². The van der Waals surface area contributed by atoms with Crippen molar-refractivity contribution in [1.29, 1.82) is 0 Å². The number of hydrogen-bond donors (Lipinski definition) is 0. The molecule has 4 heterocycles. The van der Waals surface area contributed by atoms with Crippen LogP contribution < -0.4 is 0 Å². The number of halogens is 2. The number of likely N-dealkylation sites (tertiary alicyclic amines) is 2. The lowest BCUT2D eigenvalue weighted by Gasteiger charge is -2.40. The Hall–Kier alpha value is -4.90. The molecule has 6 fully saturated rings. The number of hydroxylamine groups is 4. The number of allylic oxidation sites excluding steroid dienone is 2. The number of carbonyl (C=O) groups excluding carboxylic acids is 4. The lowest BCUT2D eigenvalue weighted by Crippen LogP contribution is -2.52. The van der Waals surface area contributed by atoms with Crippen LogP contribution in [-0.2, 0) is 47.8 Å². The van der Waals surface area contributed by atoms with Crippen molar-refractivity contribution < 1.29 is 47.8 Å². The highest BCUT2D eigenvalue weighted by Crippen LogP contribution is 2.58. The number of piperidine rings is 2. The third kappa shape index (κ3) is 10.3. The minimum atomic E-state index is -1.44. The summed E-state index contributed by atoms with van der Waals surface area (Å²) in [7, 11) is 0. The van der Waals surface area contributed by atoms with Crippen LogP contribution in [0.4, 0.5) is 0 Å². The van der Waals surface area contributed by atoms with Crippen LogP contribution >= 0.6 is 23.2 Å². The molecule has 0 bridgehead atoms. The molecule has 0 aromatic heterocycles. The molecule has 12 rings (SSSR count). The highest BCUT2D eigenvalue weighted by Gasteiger charge is 2.46. The molecule has 390 valence electrons. The number of alkyl halides is 2. The van der Waals surface area contributed by atoms with E-state index in [1.54, 1.807) is 0 Å². The largest absolute Gasteiger partial charge is 0.444 e. The molecule has 4 aliphatic heterocycles. The molecule has 8 aliphatic rings. The van der Waals surface area contributed by atoms with Gasteiger partial charge in [0.1, 0.15) is 24.2 Å². The number of carbonyl (C=O) groups is 4. The number of rotatable bonds is 14. The van der Waals surface area contributed by atoms with E-state index in [4.69, 9.17) is 51.8 Å². The number of benzene rings is 4. The summed E-state index contributed by atoms with van der Waals surface area (Å²) in [4.78, 5) is 72.2. The number of amides is 2. The number of fused-ring (bicyclic) bond motifs is 8. The van der Waals surface area contributed by atoms with Gasteiger partial charge in [0.25, 0.3) is 11.8 Å². The zero-order chi connectivity index (χ0) is 50.5. The summed E-state index contributed by atoms with van der Waals surface area (Å²) in [5, 5.41) is 6.47. The van der Waals surface area contributed by atoms with Crippen molar-refractivity contribution in [1.82, 2.24) is 19.9 Å². The summed E-state index contributed by atoms with van der Waals surface area (Å²) in [6.07, 6.45) is 16.1. The van der Waals surface area contributed by atoms with Gasteiger partial charge in [0.05, 0.1) is 37.5 Å². The second kappa shape index (κ2) is 21.6. The number of ether oxygens (including phenoxy) is 4. The van der Waals surface area contributed by atoms with Crippen LogP contribution in [0, 0.1) is 11.8 Å². The van der Waals surface area contributed by atoms with Gasteiger partial charge in [-0.2, -0.15) is 10.1 Å². The molecule has 2 saturated carbocycles. The molecular weight excluding hydrogens is 984 g/mol. The van der Waals surface area contributed by atoms with E-state index in [1.807, 2.05) is 24.3 Å². The summed E-state index contributed by atoms with van der Waals surface area (Å²) in [5.41, 5.74) is 6.42. The van der Waals surface area contributed by atoms with Crippen molar-refractivity contribution in [3.63, 3.8) is 0 Å². The predicted octanol–water partition coefficient (Wildman–Crippen LogP) is 9.32. The van der Waals surface area contributed by atoms with E-state index in [1.165, 1.54) is 22.3 Å². The molecule has 4 aliphatic carbocycles. The smallest absolute Gasteiger partial charge is 0.376 e. The van der Waals surface area contributed by atoms with Crippen molar-refractivity contribution in [3.8, 4) is 0 Å². The van der Waals surface area contributed by atoms with Crippen LogP contribution in [0.25, 0.3) is 33.7 Å². The molecule has 4 aromatic rings. The maximum Gasteiger partial charge on any atom is 0.444 e. The second-order valence-electron chi connectivity index (χ2n) is 21.5. The van der Waals surface area contributed by atoms with Crippen LogP contribution in [0.3, 0.4) is 0 Å². The molecule has 8 atom stereocenters. The summed E-state index contributed by atoms with van der Waals surface area (Å²) < 4.78 is 23.1. The predicted molar refractivity (Wildman–Crippen MR) is 279 cm³/mol. The topological polar surface area (TPSA) is 137 Å². The number of hydrogen-bond acceptors (Lipinski definition) is 12. The van der Waals surface area contributed by atoms with Gasteiger partial charge in [-0.15, -0.1) is 23.2 Å². The maximum atomic E-state index is 14.1. The summed E-state index contributed by atoms with van der Waals surface area (Å²) in [6, 6.07) is 20.0. The lowest BCUT2D eigenvalue weighted by atomic mass is 9.87. The van der Waals surface area contributed by atoms with Gasteiger partial charge < -0.3 is 28.6 Å². The van der Waals surface area contributed by atoms with Crippen molar-refractivity contribution in [2.75, 3.05) is 65.8 Å². The first-order valence-electron chi connectivity index (χ1n) is 26.9. The Morgan fingerprint density at radius 3 is 1.42 bits per heavy atom. The molecule has 2 amide bonds. The van der Waals surface area contributed by atoms with Crippen molar-refractivity contribution >= 4 is 80.7 Å². The Labute approximate surface area is 441 Å². The summed E-state index contributed by atoms with van der Waals surface area (Å²) >= 11 is 15.0.